The minimum atomic E-state index is 0.0917. The fourth-order valence-electron chi connectivity index (χ4n) is 3.71. The lowest BCUT2D eigenvalue weighted by Crippen LogP contribution is -2.49. The summed E-state index contributed by atoms with van der Waals surface area (Å²) in [5.41, 5.74) is 3.85. The first-order valence-corrected chi connectivity index (χ1v) is 13.2. The molecule has 0 unspecified atom stereocenters. The minimum absolute atomic E-state index is 0.0917. The van der Waals surface area contributed by atoms with Crippen LogP contribution < -0.4 is 4.90 Å². The topological polar surface area (TPSA) is 53.5 Å². The van der Waals surface area contributed by atoms with Crippen LogP contribution in [0.15, 0.2) is 58.3 Å². The molecule has 0 aliphatic carbocycles. The average molecular weight is 500 g/mol. The summed E-state index contributed by atoms with van der Waals surface area (Å²) in [4.78, 5) is 33.9. The number of nitrogens with zero attached hydrogens (tertiary/aromatic N) is 3. The van der Waals surface area contributed by atoms with E-state index >= 15 is 0 Å². The number of piperazine rings is 1. The van der Waals surface area contributed by atoms with Crippen molar-refractivity contribution >= 4 is 52.1 Å². The number of benzene rings is 2. The fourth-order valence-corrected chi connectivity index (χ4v) is 5.57. The minimum Gasteiger partial charge on any atom is -0.368 e. The standard InChI is InChI=1S/C25H26ClN3O2S2/c1-2-18-3-5-19(6-4-18)23(30)17-33-25-27-21(16-32-25)15-24(31)29-13-11-28(12-14-29)22-9-7-20(26)8-10-22/h3-10,16H,2,11-15,17H2,1H3. The predicted molar refractivity (Wildman–Crippen MR) is 137 cm³/mol. The van der Waals surface area contributed by atoms with E-state index in [2.05, 4.69) is 16.8 Å². The molecule has 0 N–H and O–H groups in total. The molecule has 0 bridgehead atoms. The van der Waals surface area contributed by atoms with Gasteiger partial charge in [0.2, 0.25) is 5.91 Å². The fraction of sp³-hybridized carbons (Fsp3) is 0.320. The molecule has 0 saturated carbocycles. The number of hydrogen-bond acceptors (Lipinski definition) is 6. The quantitative estimate of drug-likeness (QED) is 0.314. The molecule has 1 saturated heterocycles. The molecule has 1 fully saturated rings. The van der Waals surface area contributed by atoms with Crippen LogP contribution in [0.1, 0.15) is 28.5 Å². The van der Waals surface area contributed by atoms with Crippen molar-refractivity contribution in [3.8, 4) is 0 Å². The highest BCUT2D eigenvalue weighted by atomic mass is 35.5. The van der Waals surface area contributed by atoms with E-state index in [-0.39, 0.29) is 11.7 Å². The maximum absolute atomic E-state index is 12.8. The number of halogens is 1. The molecule has 0 atom stereocenters. The number of aromatic nitrogens is 1. The Kier molecular flexibility index (Phi) is 8.06. The maximum atomic E-state index is 12.8. The Balaban J connectivity index is 1.24. The number of rotatable bonds is 8. The van der Waals surface area contributed by atoms with E-state index < -0.39 is 0 Å². The highest BCUT2D eigenvalue weighted by Gasteiger charge is 2.22. The van der Waals surface area contributed by atoms with E-state index in [1.165, 1.54) is 28.7 Å². The SMILES string of the molecule is CCc1ccc(C(=O)CSc2nc(CC(=O)N3CCN(c4ccc(Cl)cc4)CC3)cs2)cc1. The molecular formula is C25H26ClN3O2S2. The van der Waals surface area contributed by atoms with Crippen LogP contribution in [0, 0.1) is 0 Å². The van der Waals surface area contributed by atoms with E-state index in [1.807, 2.05) is 58.8 Å². The summed E-state index contributed by atoms with van der Waals surface area (Å²) in [6.45, 7) is 5.08. The second-order valence-corrected chi connectivity index (χ2v) is 10.4. The molecule has 8 heteroatoms. The Morgan fingerprint density at radius 3 is 2.39 bits per heavy atom. The van der Waals surface area contributed by atoms with Gasteiger partial charge in [0.25, 0.3) is 0 Å². The van der Waals surface area contributed by atoms with Gasteiger partial charge in [0, 0.05) is 47.8 Å². The normalized spacial score (nSPS) is 13.9. The van der Waals surface area contributed by atoms with Crippen molar-refractivity contribution in [2.75, 3.05) is 36.8 Å². The number of amides is 1. The van der Waals surface area contributed by atoms with Crippen molar-refractivity contribution in [3.63, 3.8) is 0 Å². The van der Waals surface area contributed by atoms with Gasteiger partial charge in [-0.05, 0) is 36.2 Å². The number of thioether (sulfide) groups is 1. The molecule has 172 valence electrons. The van der Waals surface area contributed by atoms with Gasteiger partial charge in [0.15, 0.2) is 10.1 Å². The van der Waals surface area contributed by atoms with E-state index in [9.17, 15) is 9.59 Å². The van der Waals surface area contributed by atoms with Crippen LogP contribution in [0.3, 0.4) is 0 Å². The molecule has 5 nitrogen and oxygen atoms in total. The largest absolute Gasteiger partial charge is 0.368 e. The van der Waals surface area contributed by atoms with Crippen LogP contribution in [0.5, 0.6) is 0 Å². The van der Waals surface area contributed by atoms with Gasteiger partial charge in [-0.3, -0.25) is 9.59 Å². The zero-order valence-corrected chi connectivity index (χ0v) is 20.9. The summed E-state index contributed by atoms with van der Waals surface area (Å²) < 4.78 is 0.823. The first-order valence-electron chi connectivity index (χ1n) is 11.0. The van der Waals surface area contributed by atoms with E-state index in [0.29, 0.717) is 25.3 Å². The molecule has 3 aromatic rings. The van der Waals surface area contributed by atoms with Gasteiger partial charge in [-0.25, -0.2) is 4.98 Å². The summed E-state index contributed by atoms with van der Waals surface area (Å²) in [6.07, 6.45) is 1.26. The van der Waals surface area contributed by atoms with Gasteiger partial charge in [-0.15, -0.1) is 11.3 Å². The molecule has 1 aromatic heterocycles. The van der Waals surface area contributed by atoms with E-state index in [0.717, 1.165) is 45.8 Å². The van der Waals surface area contributed by atoms with Crippen molar-refractivity contribution in [2.24, 2.45) is 0 Å². The Morgan fingerprint density at radius 1 is 1.03 bits per heavy atom. The van der Waals surface area contributed by atoms with Crippen LogP contribution in [0.2, 0.25) is 5.02 Å². The van der Waals surface area contributed by atoms with Crippen molar-refractivity contribution in [1.82, 2.24) is 9.88 Å². The number of Topliss-reactive ketones (excluding diaryl/α,β-unsaturated/α-hetero) is 1. The van der Waals surface area contributed by atoms with Gasteiger partial charge < -0.3 is 9.80 Å². The summed E-state index contributed by atoms with van der Waals surface area (Å²) in [6, 6.07) is 15.6. The lowest BCUT2D eigenvalue weighted by Gasteiger charge is -2.36. The molecule has 2 heterocycles. The third-order valence-electron chi connectivity index (χ3n) is 5.70. The van der Waals surface area contributed by atoms with Crippen molar-refractivity contribution in [2.45, 2.75) is 24.1 Å². The molecule has 1 amide bonds. The van der Waals surface area contributed by atoms with Crippen LogP contribution in [0.25, 0.3) is 0 Å². The van der Waals surface area contributed by atoms with Gasteiger partial charge in [0.05, 0.1) is 17.9 Å². The van der Waals surface area contributed by atoms with E-state index in [4.69, 9.17) is 11.6 Å². The Labute approximate surface area is 207 Å². The molecule has 0 radical (unpaired) electrons. The molecule has 1 aliphatic rings. The zero-order valence-electron chi connectivity index (χ0n) is 18.5. The average Bonchev–Trinajstić information content (AvgIpc) is 3.30. The number of carbonyl (C=O) groups is 2. The highest BCUT2D eigenvalue weighted by molar-refractivity contribution is 8.01. The van der Waals surface area contributed by atoms with Crippen LogP contribution >= 0.6 is 34.7 Å². The second kappa shape index (κ2) is 11.2. The smallest absolute Gasteiger partial charge is 0.228 e. The Morgan fingerprint density at radius 2 is 1.73 bits per heavy atom. The molecular weight excluding hydrogens is 474 g/mol. The lowest BCUT2D eigenvalue weighted by molar-refractivity contribution is -0.130. The molecule has 4 rings (SSSR count). The summed E-state index contributed by atoms with van der Waals surface area (Å²) in [5.74, 6) is 0.535. The number of anilines is 1. The first-order chi connectivity index (χ1) is 16.0. The van der Waals surface area contributed by atoms with Crippen LogP contribution in [0.4, 0.5) is 5.69 Å². The van der Waals surface area contributed by atoms with E-state index in [1.54, 1.807) is 0 Å². The van der Waals surface area contributed by atoms with Gasteiger partial charge in [-0.1, -0.05) is 54.6 Å². The number of carbonyl (C=O) groups excluding carboxylic acids is 2. The number of thiazole rings is 1. The van der Waals surface area contributed by atoms with Crippen molar-refractivity contribution in [3.05, 3.63) is 75.8 Å². The van der Waals surface area contributed by atoms with Crippen LogP contribution in [-0.2, 0) is 17.6 Å². The third kappa shape index (κ3) is 6.37. The maximum Gasteiger partial charge on any atom is 0.228 e. The van der Waals surface area contributed by atoms with Gasteiger partial charge in [0.1, 0.15) is 0 Å². The van der Waals surface area contributed by atoms with Gasteiger partial charge in [-0.2, -0.15) is 0 Å². The lowest BCUT2D eigenvalue weighted by atomic mass is 10.1. The predicted octanol–water partition coefficient (Wildman–Crippen LogP) is 5.23. The Bertz CT molecular complexity index is 1090. The Hall–Kier alpha value is -2.35. The van der Waals surface area contributed by atoms with Crippen molar-refractivity contribution in [1.29, 1.82) is 0 Å². The number of ketones is 1. The highest BCUT2D eigenvalue weighted by Crippen LogP contribution is 2.25. The van der Waals surface area contributed by atoms with Crippen LogP contribution in [-0.4, -0.2) is 53.5 Å². The van der Waals surface area contributed by atoms with Crippen molar-refractivity contribution < 1.29 is 9.59 Å². The molecule has 0 spiro atoms. The second-order valence-electron chi connectivity index (χ2n) is 7.89. The summed E-state index contributed by atoms with van der Waals surface area (Å²) in [7, 11) is 0. The summed E-state index contributed by atoms with van der Waals surface area (Å²) in [5, 5.41) is 2.65. The van der Waals surface area contributed by atoms with Gasteiger partial charge >= 0.3 is 0 Å². The molecule has 33 heavy (non-hydrogen) atoms. The number of hydrogen-bond donors (Lipinski definition) is 0. The monoisotopic (exact) mass is 499 g/mol. The summed E-state index contributed by atoms with van der Waals surface area (Å²) >= 11 is 8.90. The molecule has 1 aliphatic heterocycles. The molecule has 2 aromatic carbocycles. The first kappa shape index (κ1) is 23.8. The third-order valence-corrected chi connectivity index (χ3v) is 8.02. The number of aryl methyl sites for hydroxylation is 1. The zero-order chi connectivity index (χ0) is 23.2.